The van der Waals surface area contributed by atoms with Crippen molar-refractivity contribution < 1.29 is 23.5 Å². The molecule has 1 aromatic rings. The summed E-state index contributed by atoms with van der Waals surface area (Å²) >= 11 is 0. The number of benzene rings is 1. The number of nitrogens with one attached hydrogen (secondary N) is 1. The average Bonchev–Trinajstić information content (AvgIpc) is 3.34. The summed E-state index contributed by atoms with van der Waals surface area (Å²) in [6, 6.07) is 3.42. The summed E-state index contributed by atoms with van der Waals surface area (Å²) in [5, 5.41) is 12.3. The van der Waals surface area contributed by atoms with E-state index in [1.165, 1.54) is 12.1 Å². The van der Waals surface area contributed by atoms with Crippen molar-refractivity contribution in [3.05, 3.63) is 71.4 Å². The number of allylic oxidation sites excluding steroid dienone is 4. The first kappa shape index (κ1) is 40.3. The maximum Gasteiger partial charge on any atom is 0.244 e. The van der Waals surface area contributed by atoms with Crippen LogP contribution in [0.5, 0.6) is 0 Å². The number of hydrogen-bond donors (Lipinski definition) is 2. The fourth-order valence-corrected chi connectivity index (χ4v) is 3.89. The van der Waals surface area contributed by atoms with Crippen LogP contribution in [-0.2, 0) is 9.59 Å². The van der Waals surface area contributed by atoms with E-state index in [2.05, 4.69) is 30.6 Å². The summed E-state index contributed by atoms with van der Waals surface area (Å²) in [5.41, 5.74) is 2.58. The lowest BCUT2D eigenvalue weighted by atomic mass is 10.2. The van der Waals surface area contributed by atoms with E-state index < -0.39 is 11.6 Å². The molecule has 41 heavy (non-hydrogen) atoms. The highest BCUT2D eigenvalue weighted by Gasteiger charge is 2.18. The van der Waals surface area contributed by atoms with Crippen LogP contribution in [0.4, 0.5) is 8.78 Å². The first-order valence-electron chi connectivity index (χ1n) is 14.8. The van der Waals surface area contributed by atoms with Gasteiger partial charge in [0.05, 0.1) is 6.10 Å². The molecule has 0 spiro atoms. The van der Waals surface area contributed by atoms with Crippen LogP contribution in [-0.4, -0.2) is 72.6 Å². The Morgan fingerprint density at radius 3 is 2.10 bits per heavy atom. The molecule has 1 aromatic carbocycles. The van der Waals surface area contributed by atoms with Gasteiger partial charge in [0.15, 0.2) is 0 Å². The standard InChI is InChI=1S/C17H28N2O2.C7H6F2.C7H15NO.C2H6/c1-4-14(2)11-15(3)12-17(21)18-8-5-6-9-19-10-7-16(20)13-19;1-5-2-6(8)4-7(9)3-5;1-3-5-8(7-9)6-4-2;1-2/h4,11-12,16,20H,1,5-10,13H2,2-3H3,(H,18,21);2-4H,1H3;7H,3-6H2,1-2H3;1-2H3/b14-11-,15-12-;;;. The number of nitrogens with zero attached hydrogens (tertiary/aromatic N) is 2. The summed E-state index contributed by atoms with van der Waals surface area (Å²) in [5.74, 6) is -1.09. The number of likely N-dealkylation sites (tertiary alicyclic amines) is 1. The minimum Gasteiger partial charge on any atom is -0.392 e. The van der Waals surface area contributed by atoms with E-state index in [1.807, 2.05) is 33.8 Å². The van der Waals surface area contributed by atoms with Crippen molar-refractivity contribution in [2.24, 2.45) is 0 Å². The maximum atomic E-state index is 12.2. The van der Waals surface area contributed by atoms with E-state index in [4.69, 9.17) is 0 Å². The van der Waals surface area contributed by atoms with Gasteiger partial charge in [0.25, 0.3) is 0 Å². The summed E-state index contributed by atoms with van der Waals surface area (Å²) in [6.07, 6.45) is 11.1. The average molecular weight is 580 g/mol. The molecule has 0 bridgehead atoms. The van der Waals surface area contributed by atoms with Crippen LogP contribution in [0, 0.1) is 18.6 Å². The number of β-amino-alcohol motifs (C(OH)–C–C–N with tert-alkyl or cyclic N) is 1. The van der Waals surface area contributed by atoms with Gasteiger partial charge >= 0.3 is 0 Å². The highest BCUT2D eigenvalue weighted by molar-refractivity contribution is 5.88. The molecule has 1 fully saturated rings. The molecule has 8 heteroatoms. The minimum atomic E-state index is -0.521. The first-order chi connectivity index (χ1) is 19.5. The Morgan fingerprint density at radius 1 is 1.07 bits per heavy atom. The largest absolute Gasteiger partial charge is 0.392 e. The zero-order valence-corrected chi connectivity index (χ0v) is 26.5. The smallest absolute Gasteiger partial charge is 0.244 e. The first-order valence-corrected chi connectivity index (χ1v) is 14.8. The Morgan fingerprint density at radius 2 is 1.66 bits per heavy atom. The summed E-state index contributed by atoms with van der Waals surface area (Å²) in [4.78, 5) is 26.0. The van der Waals surface area contributed by atoms with Crippen LogP contribution in [0.2, 0.25) is 0 Å². The highest BCUT2D eigenvalue weighted by Crippen LogP contribution is 2.09. The van der Waals surface area contributed by atoms with Gasteiger partial charge in [0, 0.05) is 44.9 Å². The minimum absolute atomic E-state index is 0.0443. The number of aliphatic hydroxyl groups excluding tert-OH is 1. The fraction of sp³-hybridized carbons (Fsp3) is 0.576. The molecule has 1 unspecified atom stereocenters. The topological polar surface area (TPSA) is 72.9 Å². The van der Waals surface area contributed by atoms with Gasteiger partial charge in [-0.15, -0.1) is 0 Å². The Kier molecular flexibility index (Phi) is 25.6. The number of rotatable bonds is 13. The third-order valence-electron chi connectivity index (χ3n) is 5.76. The van der Waals surface area contributed by atoms with Crippen molar-refractivity contribution >= 4 is 12.3 Å². The predicted molar refractivity (Wildman–Crippen MR) is 168 cm³/mol. The van der Waals surface area contributed by atoms with Gasteiger partial charge in [-0.25, -0.2) is 8.78 Å². The number of unbranched alkanes of at least 4 members (excludes halogenated alkanes) is 1. The van der Waals surface area contributed by atoms with Gasteiger partial charge in [-0.2, -0.15) is 0 Å². The lowest BCUT2D eigenvalue weighted by molar-refractivity contribution is -0.118. The van der Waals surface area contributed by atoms with Crippen molar-refractivity contribution in [3.63, 3.8) is 0 Å². The molecule has 0 saturated carbocycles. The molecule has 0 aromatic heterocycles. The maximum absolute atomic E-state index is 12.2. The molecule has 2 N–H and O–H groups in total. The number of carbonyl (C=O) groups is 2. The van der Waals surface area contributed by atoms with Crippen molar-refractivity contribution in [1.82, 2.24) is 15.1 Å². The molecule has 1 atom stereocenters. The lowest BCUT2D eigenvalue weighted by Crippen LogP contribution is -2.26. The van der Waals surface area contributed by atoms with Crippen molar-refractivity contribution in [2.75, 3.05) is 39.3 Å². The SMILES string of the molecule is C=C/C(C)=C\C(C)=C/C(=O)NCCCCN1CCC(O)C1.CC.CCCN(C=O)CCC.Cc1cc(F)cc(F)c1. The second-order valence-corrected chi connectivity index (χ2v) is 9.81. The Bertz CT molecular complexity index is 863. The zero-order chi connectivity index (χ0) is 31.6. The molecular weight excluding hydrogens is 524 g/mol. The van der Waals surface area contributed by atoms with Crippen molar-refractivity contribution in [2.45, 2.75) is 86.7 Å². The van der Waals surface area contributed by atoms with Crippen LogP contribution < -0.4 is 5.32 Å². The Hall–Kier alpha value is -2.84. The van der Waals surface area contributed by atoms with Gasteiger partial charge in [-0.1, -0.05) is 52.0 Å². The van der Waals surface area contributed by atoms with Gasteiger partial charge in [-0.3, -0.25) is 9.59 Å². The highest BCUT2D eigenvalue weighted by atomic mass is 19.1. The van der Waals surface area contributed by atoms with E-state index in [0.29, 0.717) is 12.1 Å². The predicted octanol–water partition coefficient (Wildman–Crippen LogP) is 6.59. The van der Waals surface area contributed by atoms with E-state index in [1.54, 1.807) is 24.0 Å². The third kappa shape index (κ3) is 23.6. The van der Waals surface area contributed by atoms with E-state index in [0.717, 1.165) is 88.5 Å². The number of aryl methyl sites for hydroxylation is 1. The monoisotopic (exact) mass is 579 g/mol. The normalized spacial score (nSPS) is 14.8. The number of hydrogen-bond acceptors (Lipinski definition) is 4. The summed E-state index contributed by atoms with van der Waals surface area (Å²) in [7, 11) is 0. The summed E-state index contributed by atoms with van der Waals surface area (Å²) in [6.45, 7) is 22.6. The molecule has 0 radical (unpaired) electrons. The number of amides is 2. The number of halogens is 2. The second kappa shape index (κ2) is 26.1. The van der Waals surface area contributed by atoms with Crippen LogP contribution in [0.3, 0.4) is 0 Å². The second-order valence-electron chi connectivity index (χ2n) is 9.81. The van der Waals surface area contributed by atoms with Gasteiger partial charge in [0.2, 0.25) is 12.3 Å². The van der Waals surface area contributed by atoms with Crippen LogP contribution in [0.25, 0.3) is 0 Å². The molecular formula is C33H55F2N3O3. The molecule has 2 rings (SSSR count). The molecule has 1 heterocycles. The van der Waals surface area contributed by atoms with Crippen molar-refractivity contribution in [3.8, 4) is 0 Å². The van der Waals surface area contributed by atoms with Gasteiger partial charge < -0.3 is 20.2 Å². The van der Waals surface area contributed by atoms with Gasteiger partial charge in [0.1, 0.15) is 11.6 Å². The molecule has 0 aliphatic carbocycles. The Balaban J connectivity index is 0. The lowest BCUT2D eigenvalue weighted by Gasteiger charge is -2.14. The number of aliphatic hydroxyl groups is 1. The molecule has 234 valence electrons. The van der Waals surface area contributed by atoms with Crippen molar-refractivity contribution in [1.29, 1.82) is 0 Å². The quantitative estimate of drug-likeness (QED) is 0.120. The zero-order valence-electron chi connectivity index (χ0n) is 26.5. The third-order valence-corrected chi connectivity index (χ3v) is 5.76. The molecule has 1 aliphatic rings. The Labute approximate surface area is 248 Å². The fourth-order valence-electron chi connectivity index (χ4n) is 3.89. The van der Waals surface area contributed by atoms with E-state index in [9.17, 15) is 23.5 Å². The molecule has 1 aliphatic heterocycles. The molecule has 1 saturated heterocycles. The molecule has 2 amide bonds. The summed E-state index contributed by atoms with van der Waals surface area (Å²) < 4.78 is 24.4. The van der Waals surface area contributed by atoms with Gasteiger partial charge in [-0.05, 0) is 82.7 Å². The van der Waals surface area contributed by atoms with E-state index >= 15 is 0 Å². The van der Waals surface area contributed by atoms with E-state index in [-0.39, 0.29) is 12.0 Å². The van der Waals surface area contributed by atoms with Crippen LogP contribution in [0.15, 0.2) is 54.2 Å². The van der Waals surface area contributed by atoms with Crippen LogP contribution >= 0.6 is 0 Å². The van der Waals surface area contributed by atoms with Crippen LogP contribution in [0.1, 0.15) is 79.2 Å². The molecule has 6 nitrogen and oxygen atoms in total. The number of carbonyl (C=O) groups excluding carboxylic acids is 2.